The van der Waals surface area contributed by atoms with Gasteiger partial charge in [-0.15, -0.1) is 0 Å². The zero-order chi connectivity index (χ0) is 15.8. The van der Waals surface area contributed by atoms with E-state index in [4.69, 9.17) is 14.7 Å². The fourth-order valence-electron chi connectivity index (χ4n) is 2.70. The summed E-state index contributed by atoms with van der Waals surface area (Å²) >= 11 is 0. The largest absolute Gasteiger partial charge is 0.492 e. The van der Waals surface area contributed by atoms with Crippen molar-refractivity contribution in [2.75, 3.05) is 26.3 Å². The molecule has 0 spiro atoms. The van der Waals surface area contributed by atoms with Crippen molar-refractivity contribution in [2.24, 2.45) is 0 Å². The maximum absolute atomic E-state index is 12.0. The van der Waals surface area contributed by atoms with Crippen LogP contribution in [-0.4, -0.2) is 43.2 Å². The van der Waals surface area contributed by atoms with E-state index in [2.05, 4.69) is 11.0 Å². The number of ether oxygens (including phenoxy) is 2. The minimum atomic E-state index is -0.150. The number of likely N-dealkylation sites (tertiary alicyclic amines) is 1. The Balaban J connectivity index is 1.86. The summed E-state index contributed by atoms with van der Waals surface area (Å²) in [5, 5.41) is 8.87. The van der Waals surface area contributed by atoms with Gasteiger partial charge >= 0.3 is 5.97 Å². The lowest BCUT2D eigenvalue weighted by molar-refractivity contribution is -0.151. The molecule has 1 aliphatic rings. The van der Waals surface area contributed by atoms with Crippen LogP contribution >= 0.6 is 0 Å². The van der Waals surface area contributed by atoms with E-state index >= 15 is 0 Å². The number of hydrogen-bond donors (Lipinski definition) is 0. The van der Waals surface area contributed by atoms with E-state index in [0.717, 1.165) is 25.8 Å². The zero-order valence-corrected chi connectivity index (χ0v) is 13.0. The van der Waals surface area contributed by atoms with Gasteiger partial charge in [-0.3, -0.25) is 9.69 Å². The number of benzene rings is 1. The first-order chi connectivity index (χ1) is 10.7. The fraction of sp³-hybridized carbons (Fsp3) is 0.529. The number of esters is 1. The van der Waals surface area contributed by atoms with E-state index in [-0.39, 0.29) is 12.0 Å². The van der Waals surface area contributed by atoms with Crippen LogP contribution in [-0.2, 0) is 9.53 Å². The maximum atomic E-state index is 12.0. The number of piperidine rings is 1. The molecule has 1 unspecified atom stereocenters. The van der Waals surface area contributed by atoms with Crippen molar-refractivity contribution in [3.63, 3.8) is 0 Å². The lowest BCUT2D eigenvalue weighted by atomic mass is 10.0. The molecule has 0 N–H and O–H groups in total. The third kappa shape index (κ3) is 4.47. The molecule has 0 aromatic heterocycles. The predicted octanol–water partition coefficient (Wildman–Crippen LogP) is 2.35. The van der Waals surface area contributed by atoms with Crippen LogP contribution in [0.4, 0.5) is 0 Å². The highest BCUT2D eigenvalue weighted by Crippen LogP contribution is 2.18. The van der Waals surface area contributed by atoms with Gasteiger partial charge in [-0.2, -0.15) is 5.26 Å². The van der Waals surface area contributed by atoms with Crippen LogP contribution in [0.15, 0.2) is 24.3 Å². The molecule has 1 aliphatic heterocycles. The average molecular weight is 302 g/mol. The Bertz CT molecular complexity index is 539. The van der Waals surface area contributed by atoms with Gasteiger partial charge in [0.1, 0.15) is 18.4 Å². The molecule has 1 saturated heterocycles. The molecule has 0 saturated carbocycles. The van der Waals surface area contributed by atoms with Crippen molar-refractivity contribution in [2.45, 2.75) is 32.2 Å². The average Bonchev–Trinajstić information content (AvgIpc) is 2.56. The van der Waals surface area contributed by atoms with Crippen LogP contribution in [0.3, 0.4) is 0 Å². The van der Waals surface area contributed by atoms with Crippen molar-refractivity contribution in [1.82, 2.24) is 4.90 Å². The minimum absolute atomic E-state index is 0.131. The summed E-state index contributed by atoms with van der Waals surface area (Å²) in [5.74, 6) is 0.553. The lowest BCUT2D eigenvalue weighted by Gasteiger charge is -2.33. The first kappa shape index (κ1) is 16.3. The standard InChI is InChI=1S/C17H22N2O3/c1-2-21-17(20)16-8-3-4-9-19(16)10-11-22-15-7-5-6-14(12-15)13-18/h5-7,12,16H,2-4,8-11H2,1H3. The van der Waals surface area contributed by atoms with Gasteiger partial charge in [0.05, 0.1) is 18.2 Å². The zero-order valence-electron chi connectivity index (χ0n) is 13.0. The Kier molecular flexibility index (Phi) is 6.23. The Labute approximate surface area is 131 Å². The number of nitrogens with zero attached hydrogens (tertiary/aromatic N) is 2. The summed E-state index contributed by atoms with van der Waals surface area (Å²) < 4.78 is 10.8. The van der Waals surface area contributed by atoms with Crippen molar-refractivity contribution >= 4 is 5.97 Å². The van der Waals surface area contributed by atoms with Crippen molar-refractivity contribution < 1.29 is 14.3 Å². The summed E-state index contributed by atoms with van der Waals surface area (Å²) in [5.41, 5.74) is 0.583. The molecule has 1 aromatic rings. The maximum Gasteiger partial charge on any atom is 0.323 e. The van der Waals surface area contributed by atoms with Crippen LogP contribution in [0.5, 0.6) is 5.75 Å². The van der Waals surface area contributed by atoms with E-state index in [1.165, 1.54) is 0 Å². The molecular formula is C17H22N2O3. The minimum Gasteiger partial charge on any atom is -0.492 e. The fourth-order valence-corrected chi connectivity index (χ4v) is 2.70. The highest BCUT2D eigenvalue weighted by atomic mass is 16.5. The lowest BCUT2D eigenvalue weighted by Crippen LogP contribution is -2.47. The van der Waals surface area contributed by atoms with Crippen LogP contribution in [0.2, 0.25) is 0 Å². The number of carbonyl (C=O) groups is 1. The van der Waals surface area contributed by atoms with Crippen LogP contribution in [0.25, 0.3) is 0 Å². The SMILES string of the molecule is CCOC(=O)C1CCCCN1CCOc1cccc(C#N)c1. The van der Waals surface area contributed by atoms with Crippen molar-refractivity contribution in [3.05, 3.63) is 29.8 Å². The summed E-state index contributed by atoms with van der Waals surface area (Å²) in [6.45, 7) is 4.31. The van der Waals surface area contributed by atoms with Crippen LogP contribution in [0, 0.1) is 11.3 Å². The highest BCUT2D eigenvalue weighted by molar-refractivity contribution is 5.75. The topological polar surface area (TPSA) is 62.6 Å². The summed E-state index contributed by atoms with van der Waals surface area (Å²) in [7, 11) is 0. The predicted molar refractivity (Wildman–Crippen MR) is 82.5 cm³/mol. The van der Waals surface area contributed by atoms with E-state index in [0.29, 0.717) is 31.1 Å². The molecule has 0 radical (unpaired) electrons. The Morgan fingerprint density at radius 3 is 3.09 bits per heavy atom. The van der Waals surface area contributed by atoms with Crippen molar-refractivity contribution in [3.8, 4) is 11.8 Å². The molecule has 1 atom stereocenters. The molecule has 22 heavy (non-hydrogen) atoms. The molecule has 118 valence electrons. The first-order valence-electron chi connectivity index (χ1n) is 7.78. The first-order valence-corrected chi connectivity index (χ1v) is 7.78. The number of nitriles is 1. The number of rotatable bonds is 6. The van der Waals surface area contributed by atoms with E-state index in [1.54, 1.807) is 18.2 Å². The van der Waals surface area contributed by atoms with Gasteiger partial charge in [0, 0.05) is 6.54 Å². The summed E-state index contributed by atoms with van der Waals surface area (Å²) in [6.07, 6.45) is 3.01. The monoisotopic (exact) mass is 302 g/mol. The molecular weight excluding hydrogens is 280 g/mol. The van der Waals surface area contributed by atoms with Crippen LogP contribution in [0.1, 0.15) is 31.7 Å². The van der Waals surface area contributed by atoms with E-state index in [9.17, 15) is 4.79 Å². The van der Waals surface area contributed by atoms with Gasteiger partial charge in [-0.25, -0.2) is 0 Å². The molecule has 0 bridgehead atoms. The molecule has 0 amide bonds. The Morgan fingerprint density at radius 1 is 1.45 bits per heavy atom. The number of carbonyl (C=O) groups excluding carboxylic acids is 1. The molecule has 5 heteroatoms. The van der Waals surface area contributed by atoms with Gasteiger partial charge in [-0.05, 0) is 44.5 Å². The Morgan fingerprint density at radius 2 is 2.32 bits per heavy atom. The number of hydrogen-bond acceptors (Lipinski definition) is 5. The van der Waals surface area contributed by atoms with Gasteiger partial charge in [0.25, 0.3) is 0 Å². The quantitative estimate of drug-likeness (QED) is 0.755. The van der Waals surface area contributed by atoms with Gasteiger partial charge in [0.15, 0.2) is 0 Å². The second-order valence-corrected chi connectivity index (χ2v) is 5.29. The molecule has 2 rings (SSSR count). The summed E-state index contributed by atoms with van der Waals surface area (Å²) in [4.78, 5) is 14.1. The summed E-state index contributed by atoms with van der Waals surface area (Å²) in [6, 6.07) is 9.04. The van der Waals surface area contributed by atoms with Gasteiger partial charge < -0.3 is 9.47 Å². The molecule has 1 heterocycles. The van der Waals surface area contributed by atoms with Crippen LogP contribution < -0.4 is 4.74 Å². The van der Waals surface area contributed by atoms with E-state index in [1.807, 2.05) is 13.0 Å². The third-order valence-electron chi connectivity index (χ3n) is 3.78. The smallest absolute Gasteiger partial charge is 0.323 e. The van der Waals surface area contributed by atoms with Crippen molar-refractivity contribution in [1.29, 1.82) is 5.26 Å². The highest BCUT2D eigenvalue weighted by Gasteiger charge is 2.29. The molecule has 1 fully saturated rings. The molecule has 0 aliphatic carbocycles. The molecule has 5 nitrogen and oxygen atoms in total. The third-order valence-corrected chi connectivity index (χ3v) is 3.78. The van der Waals surface area contributed by atoms with Gasteiger partial charge in [-0.1, -0.05) is 12.5 Å². The Hall–Kier alpha value is -2.06. The van der Waals surface area contributed by atoms with Gasteiger partial charge in [0.2, 0.25) is 0 Å². The van der Waals surface area contributed by atoms with E-state index < -0.39 is 0 Å². The second kappa shape index (κ2) is 8.40. The molecule has 1 aromatic carbocycles. The normalized spacial score (nSPS) is 18.5. The second-order valence-electron chi connectivity index (χ2n) is 5.29.